The molecule has 0 heterocycles. The van der Waals surface area contributed by atoms with E-state index >= 15 is 0 Å². The maximum atomic E-state index is 12.1. The summed E-state index contributed by atoms with van der Waals surface area (Å²) in [5, 5.41) is 9.71. The second kappa shape index (κ2) is 8.00. The Morgan fingerprint density at radius 3 is 2.33 bits per heavy atom. The highest BCUT2D eigenvalue weighted by molar-refractivity contribution is 5.93. The van der Waals surface area contributed by atoms with Crippen LogP contribution in [0.2, 0.25) is 0 Å². The number of carbonyl (C=O) groups is 1. The third kappa shape index (κ3) is 4.60. The number of esters is 1. The highest BCUT2D eigenvalue weighted by Gasteiger charge is 2.20. The number of ether oxygens (including phenoxy) is 1. The molecular formula is C21H26O3. The van der Waals surface area contributed by atoms with Crippen LogP contribution in [0.5, 0.6) is 11.5 Å². The maximum absolute atomic E-state index is 12.1. The average Bonchev–Trinajstić information content (AvgIpc) is 2.56. The van der Waals surface area contributed by atoms with E-state index in [0.717, 1.165) is 6.42 Å². The second-order valence-electron chi connectivity index (χ2n) is 6.77. The van der Waals surface area contributed by atoms with Gasteiger partial charge in [0.1, 0.15) is 17.1 Å². The summed E-state index contributed by atoms with van der Waals surface area (Å²) in [6, 6.07) is 14.0. The van der Waals surface area contributed by atoms with Gasteiger partial charge in [0.2, 0.25) is 0 Å². The number of hydrogen-bond donors (Lipinski definition) is 1. The zero-order valence-electron chi connectivity index (χ0n) is 14.7. The number of para-hydroxylation sites is 1. The van der Waals surface area contributed by atoms with Gasteiger partial charge in [-0.25, -0.2) is 4.79 Å². The van der Waals surface area contributed by atoms with Gasteiger partial charge in [-0.1, -0.05) is 64.3 Å². The molecule has 3 nitrogen and oxygen atoms in total. The van der Waals surface area contributed by atoms with Gasteiger partial charge >= 0.3 is 5.97 Å². The van der Waals surface area contributed by atoms with Crippen molar-refractivity contribution in [2.45, 2.75) is 51.9 Å². The summed E-state index contributed by atoms with van der Waals surface area (Å²) >= 11 is 0. The van der Waals surface area contributed by atoms with Gasteiger partial charge in [-0.3, -0.25) is 0 Å². The van der Waals surface area contributed by atoms with Gasteiger partial charge < -0.3 is 9.84 Å². The highest BCUT2D eigenvalue weighted by Crippen LogP contribution is 2.30. The van der Waals surface area contributed by atoms with Crippen LogP contribution in [-0.2, 0) is 5.41 Å². The van der Waals surface area contributed by atoms with Gasteiger partial charge in [-0.2, -0.15) is 0 Å². The largest absolute Gasteiger partial charge is 0.507 e. The topological polar surface area (TPSA) is 46.5 Å². The predicted molar refractivity (Wildman–Crippen MR) is 96.7 cm³/mol. The van der Waals surface area contributed by atoms with Crippen molar-refractivity contribution in [2.75, 3.05) is 0 Å². The summed E-state index contributed by atoms with van der Waals surface area (Å²) in [7, 11) is 0. The summed E-state index contributed by atoms with van der Waals surface area (Å²) < 4.78 is 5.35. The summed E-state index contributed by atoms with van der Waals surface area (Å²) in [5.41, 5.74) is 1.51. The molecular weight excluding hydrogens is 300 g/mol. The van der Waals surface area contributed by atoms with Gasteiger partial charge in [0.25, 0.3) is 0 Å². The van der Waals surface area contributed by atoms with Crippen LogP contribution in [0.3, 0.4) is 0 Å². The Morgan fingerprint density at radius 1 is 1.04 bits per heavy atom. The van der Waals surface area contributed by atoms with Gasteiger partial charge in [0.05, 0.1) is 0 Å². The molecule has 0 atom stereocenters. The standard InChI is InChI=1S/C21H26O3/c1-4-5-8-15-21(2,3)16-11-13-17(14-12-16)24-20(23)18-9-6-7-10-19(18)22/h6-7,9-14,22H,4-5,8,15H2,1-3H3. The van der Waals surface area contributed by atoms with Crippen LogP contribution in [0, 0.1) is 0 Å². The zero-order valence-corrected chi connectivity index (χ0v) is 14.7. The van der Waals surface area contributed by atoms with Crippen molar-refractivity contribution >= 4 is 5.97 Å². The summed E-state index contributed by atoms with van der Waals surface area (Å²) in [5.74, 6) is -0.143. The van der Waals surface area contributed by atoms with Crippen LogP contribution < -0.4 is 4.74 Å². The number of carbonyl (C=O) groups excluding carboxylic acids is 1. The van der Waals surface area contributed by atoms with Gasteiger partial charge in [-0.15, -0.1) is 0 Å². The van der Waals surface area contributed by atoms with Gasteiger partial charge in [-0.05, 0) is 41.7 Å². The lowest BCUT2D eigenvalue weighted by molar-refractivity contribution is 0.0731. The molecule has 0 amide bonds. The monoisotopic (exact) mass is 326 g/mol. The molecule has 0 aliphatic carbocycles. The molecule has 2 aromatic rings. The molecule has 128 valence electrons. The SMILES string of the molecule is CCCCCC(C)(C)c1ccc(OC(=O)c2ccccc2O)cc1. The molecule has 24 heavy (non-hydrogen) atoms. The number of phenols is 1. The smallest absolute Gasteiger partial charge is 0.347 e. The van der Waals surface area contributed by atoms with Crippen molar-refractivity contribution in [3.8, 4) is 11.5 Å². The summed E-state index contributed by atoms with van der Waals surface area (Å²) in [6.45, 7) is 6.69. The van der Waals surface area contributed by atoms with E-state index in [0.29, 0.717) is 5.75 Å². The van der Waals surface area contributed by atoms with E-state index in [1.807, 2.05) is 24.3 Å². The molecule has 2 rings (SSSR count). The van der Waals surface area contributed by atoms with Crippen molar-refractivity contribution in [2.24, 2.45) is 0 Å². The fourth-order valence-corrected chi connectivity index (χ4v) is 2.74. The first kappa shape index (κ1) is 18.1. The maximum Gasteiger partial charge on any atom is 0.347 e. The lowest BCUT2D eigenvalue weighted by atomic mass is 9.80. The van der Waals surface area contributed by atoms with Crippen molar-refractivity contribution in [1.29, 1.82) is 0 Å². The molecule has 0 unspecified atom stereocenters. The first-order valence-corrected chi connectivity index (χ1v) is 8.55. The minimum absolute atomic E-state index is 0.0730. The van der Waals surface area contributed by atoms with E-state index in [9.17, 15) is 9.90 Å². The number of benzene rings is 2. The van der Waals surface area contributed by atoms with Gasteiger partial charge in [0.15, 0.2) is 0 Å². The number of aromatic hydroxyl groups is 1. The van der Waals surface area contributed by atoms with Crippen molar-refractivity contribution in [3.05, 3.63) is 59.7 Å². The number of unbranched alkanes of at least 4 members (excludes halogenated alkanes) is 2. The molecule has 0 saturated carbocycles. The van der Waals surface area contributed by atoms with Crippen molar-refractivity contribution < 1.29 is 14.6 Å². The van der Waals surface area contributed by atoms with Crippen LogP contribution in [0.1, 0.15) is 62.4 Å². The van der Waals surface area contributed by atoms with Crippen LogP contribution in [0.15, 0.2) is 48.5 Å². The molecule has 3 heteroatoms. The third-order valence-corrected chi connectivity index (χ3v) is 4.38. The van der Waals surface area contributed by atoms with Crippen molar-refractivity contribution in [1.82, 2.24) is 0 Å². The molecule has 0 fully saturated rings. The van der Waals surface area contributed by atoms with Crippen LogP contribution in [-0.4, -0.2) is 11.1 Å². The highest BCUT2D eigenvalue weighted by atomic mass is 16.5. The Labute approximate surface area is 144 Å². The number of hydrogen-bond acceptors (Lipinski definition) is 3. The summed E-state index contributed by atoms with van der Waals surface area (Å²) in [6.07, 6.45) is 4.82. The Balaban J connectivity index is 2.04. The van der Waals surface area contributed by atoms with Crippen LogP contribution in [0.25, 0.3) is 0 Å². The fraction of sp³-hybridized carbons (Fsp3) is 0.381. The minimum atomic E-state index is -0.553. The first-order valence-electron chi connectivity index (χ1n) is 8.55. The van der Waals surface area contributed by atoms with E-state index < -0.39 is 5.97 Å². The molecule has 0 aliphatic heterocycles. The predicted octanol–water partition coefficient (Wildman–Crippen LogP) is 5.47. The molecule has 0 spiro atoms. The molecule has 1 N–H and O–H groups in total. The lowest BCUT2D eigenvalue weighted by Gasteiger charge is -2.25. The lowest BCUT2D eigenvalue weighted by Crippen LogP contribution is -2.17. The van der Waals surface area contributed by atoms with E-state index in [1.54, 1.807) is 18.2 Å². The molecule has 2 aromatic carbocycles. The molecule has 0 bridgehead atoms. The van der Waals surface area contributed by atoms with E-state index in [1.165, 1.54) is 30.9 Å². The normalized spacial score (nSPS) is 11.3. The zero-order chi connectivity index (χ0) is 17.6. The Hall–Kier alpha value is -2.29. The number of rotatable bonds is 7. The average molecular weight is 326 g/mol. The van der Waals surface area contributed by atoms with E-state index in [-0.39, 0.29) is 16.7 Å². The Bertz CT molecular complexity index is 672. The molecule has 0 aliphatic rings. The minimum Gasteiger partial charge on any atom is -0.507 e. The summed E-state index contributed by atoms with van der Waals surface area (Å²) in [4.78, 5) is 12.1. The Morgan fingerprint density at radius 2 is 1.71 bits per heavy atom. The fourth-order valence-electron chi connectivity index (χ4n) is 2.74. The Kier molecular flexibility index (Phi) is 6.02. The van der Waals surface area contributed by atoms with E-state index in [4.69, 9.17) is 4.74 Å². The van der Waals surface area contributed by atoms with E-state index in [2.05, 4.69) is 20.8 Å². The second-order valence-corrected chi connectivity index (χ2v) is 6.77. The quantitative estimate of drug-likeness (QED) is 0.417. The van der Waals surface area contributed by atoms with Gasteiger partial charge in [0, 0.05) is 0 Å². The first-order chi connectivity index (χ1) is 11.4. The molecule has 0 radical (unpaired) electrons. The van der Waals surface area contributed by atoms with Crippen molar-refractivity contribution in [3.63, 3.8) is 0 Å². The number of phenolic OH excluding ortho intramolecular Hbond substituents is 1. The third-order valence-electron chi connectivity index (χ3n) is 4.38. The van der Waals surface area contributed by atoms with Crippen LogP contribution in [0.4, 0.5) is 0 Å². The van der Waals surface area contributed by atoms with Crippen LogP contribution >= 0.6 is 0 Å². The molecule has 0 saturated heterocycles. The molecule has 0 aromatic heterocycles.